The quantitative estimate of drug-likeness (QED) is 0.407. The van der Waals surface area contributed by atoms with Gasteiger partial charge in [0.1, 0.15) is 12.1 Å². The van der Waals surface area contributed by atoms with Crippen molar-refractivity contribution < 1.29 is 23.9 Å². The Labute approximate surface area is 151 Å². The number of benzene rings is 1. The number of rotatable bonds is 8. The van der Waals surface area contributed by atoms with Crippen LogP contribution in [0.1, 0.15) is 32.3 Å². The number of amides is 4. The number of imide groups is 1. The van der Waals surface area contributed by atoms with Crippen molar-refractivity contribution in [2.45, 2.75) is 32.2 Å². The molecule has 0 aliphatic carbocycles. The van der Waals surface area contributed by atoms with E-state index in [0.29, 0.717) is 18.6 Å². The Morgan fingerprint density at radius 3 is 2.58 bits per heavy atom. The van der Waals surface area contributed by atoms with Crippen molar-refractivity contribution in [3.63, 3.8) is 0 Å². The molecular formula is C18H23N3O5. The molecule has 0 bridgehead atoms. The van der Waals surface area contributed by atoms with E-state index in [9.17, 15) is 19.2 Å². The number of urea groups is 1. The third-order valence-electron chi connectivity index (χ3n) is 4.11. The highest BCUT2D eigenvalue weighted by Gasteiger charge is 2.49. The van der Waals surface area contributed by atoms with Crippen LogP contribution in [0.4, 0.5) is 4.79 Å². The van der Waals surface area contributed by atoms with E-state index in [2.05, 4.69) is 10.6 Å². The third kappa shape index (κ3) is 4.38. The fourth-order valence-corrected chi connectivity index (χ4v) is 2.70. The van der Waals surface area contributed by atoms with Crippen LogP contribution >= 0.6 is 0 Å². The van der Waals surface area contributed by atoms with E-state index in [0.717, 1.165) is 4.90 Å². The molecule has 1 aromatic carbocycles. The van der Waals surface area contributed by atoms with Crippen molar-refractivity contribution >= 4 is 23.8 Å². The molecule has 0 radical (unpaired) electrons. The van der Waals surface area contributed by atoms with Crippen LogP contribution in [-0.4, -0.2) is 48.4 Å². The summed E-state index contributed by atoms with van der Waals surface area (Å²) in [4.78, 5) is 48.9. The molecule has 1 fully saturated rings. The van der Waals surface area contributed by atoms with Gasteiger partial charge in [0.25, 0.3) is 5.91 Å². The van der Waals surface area contributed by atoms with Crippen LogP contribution in [0, 0.1) is 0 Å². The molecule has 2 rings (SSSR count). The molecule has 0 spiro atoms. The number of ether oxygens (including phenoxy) is 1. The maximum absolute atomic E-state index is 12.7. The first-order valence-corrected chi connectivity index (χ1v) is 8.50. The van der Waals surface area contributed by atoms with Crippen molar-refractivity contribution in [3.05, 3.63) is 35.9 Å². The molecule has 1 atom stereocenters. The first kappa shape index (κ1) is 19.4. The lowest BCUT2D eigenvalue weighted by atomic mass is 9.92. The molecule has 1 saturated heterocycles. The largest absolute Gasteiger partial charge is 0.466 e. The van der Waals surface area contributed by atoms with Crippen molar-refractivity contribution in [2.24, 2.45) is 0 Å². The van der Waals surface area contributed by atoms with E-state index >= 15 is 0 Å². The fraction of sp³-hybridized carbons (Fsp3) is 0.444. The first-order chi connectivity index (χ1) is 12.4. The summed E-state index contributed by atoms with van der Waals surface area (Å²) in [6.07, 6.45) is 0.621. The Morgan fingerprint density at radius 2 is 1.92 bits per heavy atom. The minimum absolute atomic E-state index is 0.198. The Kier molecular flexibility index (Phi) is 6.32. The summed E-state index contributed by atoms with van der Waals surface area (Å²) in [6, 6.07) is 8.25. The summed E-state index contributed by atoms with van der Waals surface area (Å²) in [5, 5.41) is 5.24. The monoisotopic (exact) mass is 361 g/mol. The molecule has 140 valence electrons. The summed E-state index contributed by atoms with van der Waals surface area (Å²) < 4.78 is 4.79. The minimum atomic E-state index is -1.19. The van der Waals surface area contributed by atoms with Gasteiger partial charge in [0.15, 0.2) is 0 Å². The lowest BCUT2D eigenvalue weighted by Gasteiger charge is -2.22. The van der Waals surface area contributed by atoms with Crippen LogP contribution < -0.4 is 10.6 Å². The Balaban J connectivity index is 1.87. The van der Waals surface area contributed by atoms with Crippen LogP contribution in [-0.2, 0) is 24.7 Å². The lowest BCUT2D eigenvalue weighted by molar-refractivity contribution is -0.143. The molecule has 4 amide bonds. The van der Waals surface area contributed by atoms with Gasteiger partial charge >= 0.3 is 12.0 Å². The number of esters is 1. The fourth-order valence-electron chi connectivity index (χ4n) is 2.70. The second-order valence-corrected chi connectivity index (χ2v) is 6.07. The molecule has 1 aliphatic rings. The molecule has 1 aliphatic heterocycles. The van der Waals surface area contributed by atoms with Gasteiger partial charge in [-0.15, -0.1) is 0 Å². The number of carbonyl (C=O) groups excluding carboxylic acids is 4. The topological polar surface area (TPSA) is 105 Å². The van der Waals surface area contributed by atoms with E-state index in [-0.39, 0.29) is 25.5 Å². The minimum Gasteiger partial charge on any atom is -0.466 e. The van der Waals surface area contributed by atoms with Crippen molar-refractivity contribution in [1.82, 2.24) is 15.5 Å². The molecule has 1 heterocycles. The zero-order valence-electron chi connectivity index (χ0n) is 14.9. The summed E-state index contributed by atoms with van der Waals surface area (Å²) in [7, 11) is 0. The predicted octanol–water partition coefficient (Wildman–Crippen LogP) is 0.913. The highest BCUT2D eigenvalue weighted by atomic mass is 16.5. The van der Waals surface area contributed by atoms with Gasteiger partial charge in [-0.1, -0.05) is 30.3 Å². The van der Waals surface area contributed by atoms with E-state index in [1.54, 1.807) is 38.1 Å². The maximum atomic E-state index is 12.7. The van der Waals surface area contributed by atoms with E-state index < -0.39 is 23.4 Å². The summed E-state index contributed by atoms with van der Waals surface area (Å²) >= 11 is 0. The molecule has 1 unspecified atom stereocenters. The van der Waals surface area contributed by atoms with E-state index in [1.807, 2.05) is 6.07 Å². The molecule has 26 heavy (non-hydrogen) atoms. The molecule has 0 saturated carbocycles. The summed E-state index contributed by atoms with van der Waals surface area (Å²) in [5.74, 6) is -1.26. The highest BCUT2D eigenvalue weighted by Crippen LogP contribution is 2.28. The van der Waals surface area contributed by atoms with Gasteiger partial charge in [0.05, 0.1) is 6.61 Å². The van der Waals surface area contributed by atoms with Crippen molar-refractivity contribution in [1.29, 1.82) is 0 Å². The zero-order chi connectivity index (χ0) is 19.2. The molecule has 8 heteroatoms. The van der Waals surface area contributed by atoms with Crippen LogP contribution in [0.2, 0.25) is 0 Å². The average molecular weight is 361 g/mol. The highest BCUT2D eigenvalue weighted by molar-refractivity contribution is 6.09. The van der Waals surface area contributed by atoms with Crippen molar-refractivity contribution in [2.75, 3.05) is 19.7 Å². The number of hydrogen-bond donors (Lipinski definition) is 2. The van der Waals surface area contributed by atoms with Gasteiger partial charge in [0, 0.05) is 13.0 Å². The third-order valence-corrected chi connectivity index (χ3v) is 4.11. The molecule has 8 nitrogen and oxygen atoms in total. The summed E-state index contributed by atoms with van der Waals surface area (Å²) in [6.45, 7) is 3.54. The molecule has 2 N–H and O–H groups in total. The van der Waals surface area contributed by atoms with Crippen molar-refractivity contribution in [3.8, 4) is 0 Å². The standard InChI is InChI=1S/C18H23N3O5/c1-3-26-15(23)10-7-11-19-14(22)12-21-16(24)18(2,20-17(21)25)13-8-5-4-6-9-13/h4-6,8-9H,3,7,10-12H2,1-2H3,(H,19,22)(H,20,25). The first-order valence-electron chi connectivity index (χ1n) is 8.50. The Morgan fingerprint density at radius 1 is 1.23 bits per heavy atom. The van der Waals surface area contributed by atoms with Gasteiger partial charge in [-0.25, -0.2) is 4.79 Å². The van der Waals surface area contributed by atoms with Gasteiger partial charge in [0.2, 0.25) is 5.91 Å². The smallest absolute Gasteiger partial charge is 0.325 e. The second-order valence-electron chi connectivity index (χ2n) is 6.07. The SMILES string of the molecule is CCOC(=O)CCCNC(=O)CN1C(=O)NC(C)(c2ccccc2)C1=O. The van der Waals surface area contributed by atoms with Crippen LogP contribution in [0.15, 0.2) is 30.3 Å². The second kappa shape index (κ2) is 8.46. The van der Waals surface area contributed by atoms with E-state index in [1.165, 1.54) is 0 Å². The Hall–Kier alpha value is -2.90. The van der Waals surface area contributed by atoms with Gasteiger partial charge < -0.3 is 15.4 Å². The molecule has 0 aromatic heterocycles. The molecular weight excluding hydrogens is 338 g/mol. The lowest BCUT2D eigenvalue weighted by Crippen LogP contribution is -2.43. The van der Waals surface area contributed by atoms with Crippen LogP contribution in [0.3, 0.4) is 0 Å². The van der Waals surface area contributed by atoms with Gasteiger partial charge in [-0.2, -0.15) is 0 Å². The Bertz CT molecular complexity index is 691. The van der Waals surface area contributed by atoms with Gasteiger partial charge in [-0.05, 0) is 25.8 Å². The van der Waals surface area contributed by atoms with Crippen LogP contribution in [0.25, 0.3) is 0 Å². The number of hydrogen-bond acceptors (Lipinski definition) is 5. The van der Waals surface area contributed by atoms with Gasteiger partial charge in [-0.3, -0.25) is 19.3 Å². The number of nitrogens with one attached hydrogen (secondary N) is 2. The zero-order valence-corrected chi connectivity index (χ0v) is 14.9. The molecule has 1 aromatic rings. The summed E-state index contributed by atoms with van der Waals surface area (Å²) in [5.41, 5.74) is -0.543. The number of nitrogens with zero attached hydrogens (tertiary/aromatic N) is 1. The number of carbonyl (C=O) groups is 4. The predicted molar refractivity (Wildman–Crippen MR) is 92.9 cm³/mol. The average Bonchev–Trinajstić information content (AvgIpc) is 2.84. The maximum Gasteiger partial charge on any atom is 0.325 e. The van der Waals surface area contributed by atoms with Crippen LogP contribution in [0.5, 0.6) is 0 Å². The van der Waals surface area contributed by atoms with E-state index in [4.69, 9.17) is 4.74 Å². The normalized spacial score (nSPS) is 19.2.